The minimum absolute atomic E-state index is 0.275. The second-order valence-electron chi connectivity index (χ2n) is 3.23. The van der Waals surface area contributed by atoms with Gasteiger partial charge in [0, 0.05) is 16.5 Å². The standard InChI is InChI=1S/C11H9NO3S/c12-9-5-1-4-8-7(9)3-2-6-10(8)16(15)11(13)14/h1-6H,12H2,(H,13,14). The van der Waals surface area contributed by atoms with Crippen LogP contribution < -0.4 is 5.73 Å². The highest BCUT2D eigenvalue weighted by Crippen LogP contribution is 2.27. The molecule has 5 heteroatoms. The SMILES string of the molecule is Nc1cccc2c([S+]([O-])C(=O)O)cccc12. The molecule has 2 aromatic carbocycles. The smallest absolute Gasteiger partial charge is 0.526 e. The first-order chi connectivity index (χ1) is 7.61. The highest BCUT2D eigenvalue weighted by atomic mass is 32.2. The summed E-state index contributed by atoms with van der Waals surface area (Å²) >= 11 is -2.06. The first-order valence-electron chi connectivity index (χ1n) is 4.53. The van der Waals surface area contributed by atoms with Crippen molar-refractivity contribution in [3.63, 3.8) is 0 Å². The maximum atomic E-state index is 11.5. The van der Waals surface area contributed by atoms with Crippen molar-refractivity contribution in [2.24, 2.45) is 0 Å². The Labute approximate surface area is 94.9 Å². The van der Waals surface area contributed by atoms with E-state index in [1.807, 2.05) is 0 Å². The van der Waals surface area contributed by atoms with E-state index in [2.05, 4.69) is 0 Å². The van der Waals surface area contributed by atoms with Crippen molar-refractivity contribution in [2.75, 3.05) is 5.73 Å². The summed E-state index contributed by atoms with van der Waals surface area (Å²) in [5.41, 5.74) is 6.30. The van der Waals surface area contributed by atoms with Gasteiger partial charge in [-0.2, -0.15) is 4.79 Å². The Morgan fingerprint density at radius 1 is 1.19 bits per heavy atom. The Morgan fingerprint density at radius 3 is 2.50 bits per heavy atom. The third-order valence-corrected chi connectivity index (χ3v) is 3.35. The summed E-state index contributed by atoms with van der Waals surface area (Å²) in [4.78, 5) is 11.0. The van der Waals surface area contributed by atoms with Crippen LogP contribution in [0.25, 0.3) is 10.8 Å². The second kappa shape index (κ2) is 4.03. The van der Waals surface area contributed by atoms with Gasteiger partial charge in [-0.3, -0.25) is 0 Å². The van der Waals surface area contributed by atoms with Gasteiger partial charge in [0.2, 0.25) is 0 Å². The highest BCUT2D eigenvalue weighted by Gasteiger charge is 2.23. The average Bonchev–Trinajstić information content (AvgIpc) is 2.28. The van der Waals surface area contributed by atoms with Crippen molar-refractivity contribution < 1.29 is 14.5 Å². The van der Waals surface area contributed by atoms with Gasteiger partial charge in [-0.05, 0) is 18.2 Å². The molecule has 1 atom stereocenters. The molecule has 0 radical (unpaired) electrons. The van der Waals surface area contributed by atoms with Gasteiger partial charge in [0.1, 0.15) is 11.2 Å². The van der Waals surface area contributed by atoms with E-state index in [1.165, 1.54) is 6.07 Å². The Bertz CT molecular complexity index is 556. The van der Waals surface area contributed by atoms with Crippen molar-refractivity contribution in [3.8, 4) is 0 Å². The second-order valence-corrected chi connectivity index (χ2v) is 4.56. The van der Waals surface area contributed by atoms with Crippen LogP contribution in [0.15, 0.2) is 41.3 Å². The molecule has 0 aliphatic rings. The van der Waals surface area contributed by atoms with Crippen LogP contribution in [-0.2, 0) is 11.2 Å². The van der Waals surface area contributed by atoms with Gasteiger partial charge >= 0.3 is 5.30 Å². The molecule has 0 saturated carbocycles. The number of carbonyl (C=O) groups is 1. The topological polar surface area (TPSA) is 86.4 Å². The van der Waals surface area contributed by atoms with Crippen LogP contribution in [0, 0.1) is 0 Å². The molecule has 0 fully saturated rings. The molecule has 1 unspecified atom stereocenters. The quantitative estimate of drug-likeness (QED) is 0.586. The van der Waals surface area contributed by atoms with Gasteiger partial charge in [0.05, 0.1) is 0 Å². The molecule has 0 heterocycles. The summed E-state index contributed by atoms with van der Waals surface area (Å²) in [6, 6.07) is 10.1. The molecular formula is C11H9NO3S. The molecule has 2 rings (SSSR count). The monoisotopic (exact) mass is 235 g/mol. The Morgan fingerprint density at radius 2 is 1.81 bits per heavy atom. The van der Waals surface area contributed by atoms with Crippen molar-refractivity contribution in [1.29, 1.82) is 0 Å². The van der Waals surface area contributed by atoms with Crippen molar-refractivity contribution >= 4 is 32.9 Å². The van der Waals surface area contributed by atoms with Crippen LogP contribution in [0.3, 0.4) is 0 Å². The first kappa shape index (κ1) is 10.8. The zero-order valence-electron chi connectivity index (χ0n) is 8.21. The summed E-state index contributed by atoms with van der Waals surface area (Å²) in [6.07, 6.45) is 0. The molecule has 16 heavy (non-hydrogen) atoms. The highest BCUT2D eigenvalue weighted by molar-refractivity contribution is 8.05. The fourth-order valence-corrected chi connectivity index (χ4v) is 2.33. The predicted octanol–water partition coefficient (Wildman–Crippen LogP) is 2.21. The lowest BCUT2D eigenvalue weighted by atomic mass is 10.1. The van der Waals surface area contributed by atoms with E-state index in [9.17, 15) is 9.35 Å². The number of nitrogen functional groups attached to an aromatic ring is 1. The van der Waals surface area contributed by atoms with Gasteiger partial charge in [-0.25, -0.2) is 0 Å². The molecule has 0 aromatic heterocycles. The average molecular weight is 235 g/mol. The summed E-state index contributed by atoms with van der Waals surface area (Å²) < 4.78 is 11.5. The lowest BCUT2D eigenvalue weighted by molar-refractivity contribution is 0.219. The minimum Gasteiger partial charge on any atom is -0.601 e. The van der Waals surface area contributed by atoms with E-state index in [0.717, 1.165) is 5.39 Å². The van der Waals surface area contributed by atoms with E-state index >= 15 is 0 Å². The molecule has 0 amide bonds. The number of benzene rings is 2. The Hall–Kier alpha value is -1.72. The number of carboxylic acid groups (broad SMARTS) is 1. The zero-order valence-corrected chi connectivity index (χ0v) is 9.03. The number of anilines is 1. The van der Waals surface area contributed by atoms with Gasteiger partial charge in [0.15, 0.2) is 4.90 Å². The fourth-order valence-electron chi connectivity index (χ4n) is 1.56. The molecule has 3 N–H and O–H groups in total. The van der Waals surface area contributed by atoms with Crippen LogP contribution in [0.1, 0.15) is 0 Å². The van der Waals surface area contributed by atoms with E-state index < -0.39 is 16.5 Å². The fraction of sp³-hybridized carbons (Fsp3) is 0. The molecule has 0 saturated heterocycles. The Balaban J connectivity index is 2.72. The lowest BCUT2D eigenvalue weighted by Gasteiger charge is -2.08. The molecule has 0 aliphatic carbocycles. The maximum absolute atomic E-state index is 11.5. The predicted molar refractivity (Wildman–Crippen MR) is 62.8 cm³/mol. The van der Waals surface area contributed by atoms with Crippen LogP contribution in [0.5, 0.6) is 0 Å². The molecular weight excluding hydrogens is 226 g/mol. The molecule has 2 aromatic rings. The zero-order chi connectivity index (χ0) is 11.7. The third kappa shape index (κ3) is 1.70. The summed E-state index contributed by atoms with van der Waals surface area (Å²) in [7, 11) is 0. The summed E-state index contributed by atoms with van der Waals surface area (Å²) in [5.74, 6) is 0. The number of fused-ring (bicyclic) bond motifs is 1. The van der Waals surface area contributed by atoms with Crippen LogP contribution in [0.2, 0.25) is 0 Å². The molecule has 0 spiro atoms. The first-order valence-corrected chi connectivity index (χ1v) is 5.68. The maximum Gasteiger partial charge on any atom is 0.526 e. The molecule has 0 aliphatic heterocycles. The normalized spacial score (nSPS) is 12.6. The third-order valence-electron chi connectivity index (χ3n) is 2.27. The van der Waals surface area contributed by atoms with Gasteiger partial charge in [-0.15, -0.1) is 0 Å². The van der Waals surface area contributed by atoms with E-state index in [1.54, 1.807) is 30.3 Å². The summed E-state index contributed by atoms with van der Waals surface area (Å²) in [5, 5.41) is 8.71. The Kier molecular flexibility index (Phi) is 2.72. The van der Waals surface area contributed by atoms with Gasteiger partial charge in [-0.1, -0.05) is 18.2 Å². The van der Waals surface area contributed by atoms with Crippen molar-refractivity contribution in [3.05, 3.63) is 36.4 Å². The van der Waals surface area contributed by atoms with Gasteiger partial charge < -0.3 is 15.4 Å². The molecule has 4 nitrogen and oxygen atoms in total. The molecule has 82 valence electrons. The van der Waals surface area contributed by atoms with E-state index in [4.69, 9.17) is 10.8 Å². The largest absolute Gasteiger partial charge is 0.601 e. The van der Waals surface area contributed by atoms with Crippen molar-refractivity contribution in [1.82, 2.24) is 0 Å². The van der Waals surface area contributed by atoms with Crippen LogP contribution in [0.4, 0.5) is 10.5 Å². The van der Waals surface area contributed by atoms with E-state index in [0.29, 0.717) is 11.1 Å². The van der Waals surface area contributed by atoms with Gasteiger partial charge in [0.25, 0.3) is 0 Å². The number of hydrogen-bond donors (Lipinski definition) is 2. The van der Waals surface area contributed by atoms with Crippen LogP contribution in [-0.4, -0.2) is 15.0 Å². The molecule has 0 bridgehead atoms. The summed E-state index contributed by atoms with van der Waals surface area (Å²) in [6.45, 7) is 0. The lowest BCUT2D eigenvalue weighted by Crippen LogP contribution is -2.12. The number of nitrogens with two attached hydrogens (primary N) is 1. The minimum atomic E-state index is -2.06. The number of hydrogen-bond acceptors (Lipinski definition) is 3. The van der Waals surface area contributed by atoms with Crippen molar-refractivity contribution in [2.45, 2.75) is 4.90 Å². The van der Waals surface area contributed by atoms with E-state index in [-0.39, 0.29) is 4.90 Å². The van der Waals surface area contributed by atoms with Crippen LogP contribution >= 0.6 is 0 Å². The number of rotatable bonds is 1.